The van der Waals surface area contributed by atoms with Crippen molar-refractivity contribution in [1.29, 1.82) is 0 Å². The minimum atomic E-state index is -0.224. The third kappa shape index (κ3) is 5.26. The number of methoxy groups -OCH3 is 2. The number of carbonyl (C=O) groups excluding carboxylic acids is 1. The molecule has 4 aromatic rings. The molecule has 2 heterocycles. The Labute approximate surface area is 203 Å². The first-order chi connectivity index (χ1) is 16.9. The van der Waals surface area contributed by atoms with Crippen LogP contribution in [0.1, 0.15) is 54.2 Å². The van der Waals surface area contributed by atoms with Gasteiger partial charge in [-0.25, -0.2) is 9.50 Å². The first-order valence-corrected chi connectivity index (χ1v) is 11.6. The number of fused-ring (bicyclic) bond motifs is 1. The molecule has 2 aromatic heterocycles. The van der Waals surface area contributed by atoms with E-state index in [1.54, 1.807) is 25.7 Å². The van der Waals surface area contributed by atoms with E-state index in [2.05, 4.69) is 9.97 Å². The predicted molar refractivity (Wildman–Crippen MR) is 133 cm³/mol. The lowest BCUT2D eigenvalue weighted by Gasteiger charge is -2.13. The number of Topliss-reactive ketones (excluding diaryl/α,β-unsaturated/α-hetero) is 1. The molecule has 1 atom stereocenters. The monoisotopic (exact) mass is 474 g/mol. The Morgan fingerprint density at radius 2 is 1.83 bits per heavy atom. The number of carbonyl (C=O) groups is 1. The molecule has 0 spiro atoms. The van der Waals surface area contributed by atoms with Gasteiger partial charge in [-0.15, -0.1) is 0 Å². The van der Waals surface area contributed by atoms with Gasteiger partial charge in [0.05, 0.1) is 19.9 Å². The third-order valence-corrected chi connectivity index (χ3v) is 6.19. The number of aryl methyl sites for hydroxylation is 2. The quantitative estimate of drug-likeness (QED) is 0.373. The topological polar surface area (TPSA) is 98.6 Å². The Morgan fingerprint density at radius 1 is 1.09 bits per heavy atom. The summed E-state index contributed by atoms with van der Waals surface area (Å²) in [4.78, 5) is 32.6. The van der Waals surface area contributed by atoms with Crippen LogP contribution in [0.25, 0.3) is 5.52 Å². The van der Waals surface area contributed by atoms with Gasteiger partial charge in [-0.05, 0) is 49.9 Å². The third-order valence-electron chi connectivity index (χ3n) is 6.19. The van der Waals surface area contributed by atoms with Crippen molar-refractivity contribution in [3.63, 3.8) is 0 Å². The van der Waals surface area contributed by atoms with Gasteiger partial charge in [0.15, 0.2) is 17.0 Å². The number of aromatic amines is 1. The Balaban J connectivity index is 1.57. The standard InChI is InChI=1S/C27H30N4O4/c1-17-26-27(33)29-24(16-19-13-14-22(34-3)23(15-19)35-4)30-31(26)25(28-17)12-8-11-21(18(2)32)20-9-6-5-7-10-20/h5-7,9-10,13-15,21H,8,11-12,16H2,1-4H3,(H,29,30,33). The summed E-state index contributed by atoms with van der Waals surface area (Å²) in [7, 11) is 3.18. The number of rotatable bonds is 10. The zero-order chi connectivity index (χ0) is 24.9. The van der Waals surface area contributed by atoms with Crippen molar-refractivity contribution in [2.45, 2.75) is 45.4 Å². The van der Waals surface area contributed by atoms with Crippen molar-refractivity contribution in [2.24, 2.45) is 0 Å². The molecular formula is C27H30N4O4. The van der Waals surface area contributed by atoms with E-state index in [-0.39, 0.29) is 17.3 Å². The Bertz CT molecular complexity index is 1390. The van der Waals surface area contributed by atoms with E-state index in [9.17, 15) is 9.59 Å². The molecular weight excluding hydrogens is 444 g/mol. The number of hydrogen-bond donors (Lipinski definition) is 1. The van der Waals surface area contributed by atoms with Crippen molar-refractivity contribution in [2.75, 3.05) is 14.2 Å². The number of aromatic nitrogens is 4. The lowest BCUT2D eigenvalue weighted by Crippen LogP contribution is -2.18. The number of nitrogens with zero attached hydrogens (tertiary/aromatic N) is 3. The number of benzene rings is 2. The van der Waals surface area contributed by atoms with E-state index < -0.39 is 0 Å². The normalized spacial score (nSPS) is 12.0. The van der Waals surface area contributed by atoms with Crippen molar-refractivity contribution in [1.82, 2.24) is 19.6 Å². The Kier molecular flexibility index (Phi) is 7.29. The Morgan fingerprint density at radius 3 is 2.51 bits per heavy atom. The highest BCUT2D eigenvalue weighted by Gasteiger charge is 2.19. The molecule has 0 aliphatic heterocycles. The number of H-pyrrole nitrogens is 1. The summed E-state index contributed by atoms with van der Waals surface area (Å²) in [5.41, 5.74) is 2.81. The summed E-state index contributed by atoms with van der Waals surface area (Å²) in [6.07, 6.45) is 2.48. The van der Waals surface area contributed by atoms with Crippen molar-refractivity contribution in [3.05, 3.63) is 87.4 Å². The van der Waals surface area contributed by atoms with Crippen LogP contribution < -0.4 is 15.0 Å². The number of hydrogen-bond acceptors (Lipinski definition) is 6. The van der Waals surface area contributed by atoms with Crippen LogP contribution in [0.5, 0.6) is 11.5 Å². The SMILES string of the molecule is COc1ccc(Cc2nn3c(CCCC(C(C)=O)c4ccccc4)nc(C)c3c(=O)[nH]2)cc1OC. The van der Waals surface area contributed by atoms with Crippen LogP contribution in [-0.4, -0.2) is 39.6 Å². The molecule has 182 valence electrons. The zero-order valence-corrected chi connectivity index (χ0v) is 20.5. The minimum absolute atomic E-state index is 0.145. The fourth-order valence-electron chi connectivity index (χ4n) is 4.46. The predicted octanol–water partition coefficient (Wildman–Crippen LogP) is 4.03. The molecule has 4 rings (SSSR count). The average molecular weight is 475 g/mol. The lowest BCUT2D eigenvalue weighted by molar-refractivity contribution is -0.118. The van der Waals surface area contributed by atoms with Crippen LogP contribution >= 0.6 is 0 Å². The van der Waals surface area contributed by atoms with E-state index in [0.29, 0.717) is 53.6 Å². The summed E-state index contributed by atoms with van der Waals surface area (Å²) in [5.74, 6) is 2.49. The van der Waals surface area contributed by atoms with Crippen LogP contribution in [0.4, 0.5) is 0 Å². The van der Waals surface area contributed by atoms with Gasteiger partial charge in [-0.3, -0.25) is 9.59 Å². The van der Waals surface area contributed by atoms with Crippen molar-refractivity contribution < 1.29 is 14.3 Å². The molecule has 0 aliphatic rings. The van der Waals surface area contributed by atoms with Crippen LogP contribution in [-0.2, 0) is 17.6 Å². The van der Waals surface area contributed by atoms with E-state index in [1.165, 1.54) is 0 Å². The van der Waals surface area contributed by atoms with Gasteiger partial charge in [0.2, 0.25) is 0 Å². The van der Waals surface area contributed by atoms with Gasteiger partial charge in [0.1, 0.15) is 17.4 Å². The van der Waals surface area contributed by atoms with Gasteiger partial charge in [-0.1, -0.05) is 36.4 Å². The second kappa shape index (κ2) is 10.5. The molecule has 0 aliphatic carbocycles. The number of nitrogens with one attached hydrogen (secondary N) is 1. The van der Waals surface area contributed by atoms with E-state index >= 15 is 0 Å². The van der Waals surface area contributed by atoms with E-state index in [1.807, 2.05) is 55.5 Å². The highest BCUT2D eigenvalue weighted by atomic mass is 16.5. The molecule has 0 fully saturated rings. The fraction of sp³-hybridized carbons (Fsp3) is 0.333. The molecule has 1 unspecified atom stereocenters. The molecule has 2 aromatic carbocycles. The summed E-state index contributed by atoms with van der Waals surface area (Å²) in [5, 5.41) is 4.70. The largest absolute Gasteiger partial charge is 0.493 e. The van der Waals surface area contributed by atoms with Crippen LogP contribution in [0.2, 0.25) is 0 Å². The van der Waals surface area contributed by atoms with Crippen molar-refractivity contribution in [3.8, 4) is 11.5 Å². The van der Waals surface area contributed by atoms with E-state index in [4.69, 9.17) is 14.6 Å². The number of ketones is 1. The van der Waals surface area contributed by atoms with Gasteiger partial charge in [-0.2, -0.15) is 5.10 Å². The molecule has 0 bridgehead atoms. The van der Waals surface area contributed by atoms with Crippen LogP contribution in [0.3, 0.4) is 0 Å². The summed E-state index contributed by atoms with van der Waals surface area (Å²) >= 11 is 0. The highest BCUT2D eigenvalue weighted by molar-refractivity contribution is 5.83. The summed E-state index contributed by atoms with van der Waals surface area (Å²) < 4.78 is 12.3. The highest BCUT2D eigenvalue weighted by Crippen LogP contribution is 2.28. The molecule has 0 radical (unpaired) electrons. The van der Waals surface area contributed by atoms with Crippen LogP contribution in [0, 0.1) is 6.92 Å². The lowest BCUT2D eigenvalue weighted by atomic mass is 9.90. The van der Waals surface area contributed by atoms with Crippen molar-refractivity contribution >= 4 is 11.3 Å². The molecule has 0 saturated heterocycles. The minimum Gasteiger partial charge on any atom is -0.493 e. The molecule has 0 saturated carbocycles. The smallest absolute Gasteiger partial charge is 0.277 e. The zero-order valence-electron chi connectivity index (χ0n) is 20.5. The second-order valence-electron chi connectivity index (χ2n) is 8.61. The maximum Gasteiger partial charge on any atom is 0.277 e. The summed E-state index contributed by atoms with van der Waals surface area (Å²) in [6.45, 7) is 3.44. The maximum atomic E-state index is 12.9. The number of imidazole rings is 1. The first kappa shape index (κ1) is 24.2. The van der Waals surface area contributed by atoms with Gasteiger partial charge < -0.3 is 14.5 Å². The summed E-state index contributed by atoms with van der Waals surface area (Å²) in [6, 6.07) is 15.4. The first-order valence-electron chi connectivity index (χ1n) is 11.6. The fourth-order valence-corrected chi connectivity index (χ4v) is 4.46. The average Bonchev–Trinajstić information content (AvgIpc) is 3.17. The second-order valence-corrected chi connectivity index (χ2v) is 8.61. The van der Waals surface area contributed by atoms with Crippen LogP contribution in [0.15, 0.2) is 53.3 Å². The maximum absolute atomic E-state index is 12.9. The number of ether oxygens (including phenoxy) is 2. The molecule has 0 amide bonds. The molecule has 8 heteroatoms. The van der Waals surface area contributed by atoms with Gasteiger partial charge in [0, 0.05) is 18.8 Å². The molecule has 1 N–H and O–H groups in total. The van der Waals surface area contributed by atoms with E-state index in [0.717, 1.165) is 17.5 Å². The van der Waals surface area contributed by atoms with Gasteiger partial charge in [0.25, 0.3) is 5.56 Å². The Hall–Kier alpha value is -3.94. The molecule has 8 nitrogen and oxygen atoms in total. The van der Waals surface area contributed by atoms with Gasteiger partial charge >= 0.3 is 0 Å². The molecule has 35 heavy (non-hydrogen) atoms.